The molecule has 15 heavy (non-hydrogen) atoms. The number of hydrogen-bond acceptors (Lipinski definition) is 5. The summed E-state index contributed by atoms with van der Waals surface area (Å²) in [7, 11) is -3.34. The molecule has 0 N–H and O–H groups in total. The Kier molecular flexibility index (Phi) is 4.48. The highest BCUT2D eigenvalue weighted by Gasteiger charge is 2.21. The normalized spacial score (nSPS) is 12.3. The standard InChI is InChI=1S/C8H13ClN2O2S2/c1-6(2)4-3-5-15(12,13)8-7(9)10-14-11-8/h6H,3-5H2,1-2H3. The lowest BCUT2D eigenvalue weighted by molar-refractivity contribution is 0.559. The lowest BCUT2D eigenvalue weighted by Crippen LogP contribution is -2.08. The van der Waals surface area contributed by atoms with Gasteiger partial charge in [-0.25, -0.2) is 8.42 Å². The molecule has 0 aliphatic heterocycles. The van der Waals surface area contributed by atoms with Crippen LogP contribution in [0.3, 0.4) is 0 Å². The van der Waals surface area contributed by atoms with Crippen LogP contribution in [0.4, 0.5) is 0 Å². The molecular formula is C8H13ClN2O2S2. The van der Waals surface area contributed by atoms with Crippen molar-refractivity contribution >= 4 is 33.2 Å². The van der Waals surface area contributed by atoms with Crippen molar-refractivity contribution in [2.24, 2.45) is 5.92 Å². The van der Waals surface area contributed by atoms with Crippen molar-refractivity contribution in [3.05, 3.63) is 5.15 Å². The summed E-state index contributed by atoms with van der Waals surface area (Å²) in [6.07, 6.45) is 1.52. The van der Waals surface area contributed by atoms with E-state index in [0.29, 0.717) is 12.3 Å². The van der Waals surface area contributed by atoms with E-state index < -0.39 is 9.84 Å². The monoisotopic (exact) mass is 268 g/mol. The zero-order valence-electron chi connectivity index (χ0n) is 8.60. The molecule has 7 heteroatoms. The van der Waals surface area contributed by atoms with E-state index in [1.807, 2.05) is 0 Å². The Bertz CT molecular complexity index is 414. The smallest absolute Gasteiger partial charge is 0.207 e. The van der Waals surface area contributed by atoms with Gasteiger partial charge < -0.3 is 0 Å². The highest BCUT2D eigenvalue weighted by Crippen LogP contribution is 2.20. The molecule has 1 aromatic rings. The van der Waals surface area contributed by atoms with Crippen molar-refractivity contribution in [2.45, 2.75) is 31.7 Å². The zero-order valence-corrected chi connectivity index (χ0v) is 11.0. The van der Waals surface area contributed by atoms with Crippen molar-refractivity contribution in [1.82, 2.24) is 8.75 Å². The topological polar surface area (TPSA) is 59.9 Å². The number of sulfone groups is 1. The van der Waals surface area contributed by atoms with E-state index in [4.69, 9.17) is 11.6 Å². The first-order valence-corrected chi connectivity index (χ1v) is 7.40. The number of hydrogen-bond donors (Lipinski definition) is 0. The molecule has 0 aliphatic carbocycles. The third-order valence-electron chi connectivity index (χ3n) is 1.91. The van der Waals surface area contributed by atoms with Crippen molar-refractivity contribution in [1.29, 1.82) is 0 Å². The first kappa shape index (κ1) is 12.9. The quantitative estimate of drug-likeness (QED) is 0.823. The Balaban J connectivity index is 2.65. The van der Waals surface area contributed by atoms with Gasteiger partial charge in [0.15, 0.2) is 15.0 Å². The van der Waals surface area contributed by atoms with E-state index in [9.17, 15) is 8.42 Å². The number of halogens is 1. The summed E-state index contributed by atoms with van der Waals surface area (Å²) >= 11 is 6.45. The average Bonchev–Trinajstić information content (AvgIpc) is 2.50. The van der Waals surface area contributed by atoms with Gasteiger partial charge >= 0.3 is 0 Å². The van der Waals surface area contributed by atoms with Gasteiger partial charge in [-0.15, -0.1) is 0 Å². The average molecular weight is 269 g/mol. The molecule has 0 amide bonds. The van der Waals surface area contributed by atoms with Crippen molar-refractivity contribution in [2.75, 3.05) is 5.75 Å². The molecule has 0 saturated carbocycles. The van der Waals surface area contributed by atoms with Gasteiger partial charge in [-0.3, -0.25) is 0 Å². The van der Waals surface area contributed by atoms with Crippen LogP contribution in [0.1, 0.15) is 26.7 Å². The second kappa shape index (κ2) is 5.23. The van der Waals surface area contributed by atoms with Crippen molar-refractivity contribution < 1.29 is 8.42 Å². The molecular weight excluding hydrogens is 256 g/mol. The van der Waals surface area contributed by atoms with Crippen LogP contribution in [0.15, 0.2) is 5.03 Å². The van der Waals surface area contributed by atoms with Gasteiger partial charge in [-0.05, 0) is 18.8 Å². The Morgan fingerprint density at radius 3 is 2.53 bits per heavy atom. The van der Waals surface area contributed by atoms with E-state index in [1.54, 1.807) is 0 Å². The highest BCUT2D eigenvalue weighted by molar-refractivity contribution is 7.91. The van der Waals surface area contributed by atoms with Crippen LogP contribution in [-0.2, 0) is 9.84 Å². The molecule has 0 aromatic carbocycles. The molecule has 0 atom stereocenters. The third-order valence-corrected chi connectivity index (χ3v) is 4.73. The van der Waals surface area contributed by atoms with Gasteiger partial charge in [0.25, 0.3) is 0 Å². The largest absolute Gasteiger partial charge is 0.222 e. The molecule has 86 valence electrons. The molecule has 0 aliphatic rings. The van der Waals surface area contributed by atoms with Crippen LogP contribution in [-0.4, -0.2) is 22.9 Å². The van der Waals surface area contributed by atoms with Crippen LogP contribution in [0.25, 0.3) is 0 Å². The molecule has 1 heterocycles. The van der Waals surface area contributed by atoms with Gasteiger partial charge in [-0.2, -0.15) is 8.75 Å². The molecule has 0 spiro atoms. The Morgan fingerprint density at radius 1 is 1.40 bits per heavy atom. The van der Waals surface area contributed by atoms with Crippen LogP contribution >= 0.6 is 23.3 Å². The van der Waals surface area contributed by atoms with Crippen LogP contribution < -0.4 is 0 Å². The molecule has 0 unspecified atom stereocenters. The van der Waals surface area contributed by atoms with E-state index in [0.717, 1.165) is 18.1 Å². The van der Waals surface area contributed by atoms with Gasteiger partial charge in [0, 0.05) is 0 Å². The summed E-state index contributed by atoms with van der Waals surface area (Å²) in [4.78, 5) is 0. The minimum atomic E-state index is -3.34. The highest BCUT2D eigenvalue weighted by atomic mass is 35.5. The molecule has 4 nitrogen and oxygen atoms in total. The molecule has 0 fully saturated rings. The fourth-order valence-corrected chi connectivity index (χ4v) is 3.68. The summed E-state index contributed by atoms with van der Waals surface area (Å²) in [5, 5.41) is -0.0810. The molecule has 0 bridgehead atoms. The molecule has 1 aromatic heterocycles. The second-order valence-electron chi connectivity index (χ2n) is 3.72. The Morgan fingerprint density at radius 2 is 2.07 bits per heavy atom. The van der Waals surface area contributed by atoms with Gasteiger partial charge in [0.1, 0.15) is 0 Å². The molecule has 1 rings (SSSR count). The van der Waals surface area contributed by atoms with E-state index in [-0.39, 0.29) is 15.9 Å². The lowest BCUT2D eigenvalue weighted by atomic mass is 10.1. The summed E-state index contributed by atoms with van der Waals surface area (Å²) in [6, 6.07) is 0. The van der Waals surface area contributed by atoms with Crippen LogP contribution in [0, 0.1) is 5.92 Å². The SMILES string of the molecule is CC(C)CCCS(=O)(=O)c1nsnc1Cl. The van der Waals surface area contributed by atoms with Crippen LogP contribution in [0.2, 0.25) is 5.15 Å². The summed E-state index contributed by atoms with van der Waals surface area (Å²) in [5.41, 5.74) is 0. The maximum absolute atomic E-state index is 11.7. The number of aromatic nitrogens is 2. The first-order chi connectivity index (χ1) is 6.93. The number of rotatable bonds is 5. The maximum atomic E-state index is 11.7. The predicted molar refractivity (Wildman–Crippen MR) is 61.0 cm³/mol. The van der Waals surface area contributed by atoms with Gasteiger partial charge in [0.05, 0.1) is 17.5 Å². The van der Waals surface area contributed by atoms with E-state index >= 15 is 0 Å². The summed E-state index contributed by atoms with van der Waals surface area (Å²) < 4.78 is 30.8. The minimum Gasteiger partial charge on any atom is -0.222 e. The van der Waals surface area contributed by atoms with E-state index in [1.165, 1.54) is 0 Å². The molecule has 0 radical (unpaired) electrons. The lowest BCUT2D eigenvalue weighted by Gasteiger charge is -2.03. The first-order valence-electron chi connectivity index (χ1n) is 4.64. The third kappa shape index (κ3) is 3.70. The summed E-state index contributed by atoms with van der Waals surface area (Å²) in [5.74, 6) is 0.597. The fourth-order valence-electron chi connectivity index (χ4n) is 1.13. The van der Waals surface area contributed by atoms with Crippen molar-refractivity contribution in [3.63, 3.8) is 0 Å². The minimum absolute atomic E-state index is 0.00968. The predicted octanol–water partition coefficient (Wildman–Crippen LogP) is 2.40. The van der Waals surface area contributed by atoms with Gasteiger partial charge in [-0.1, -0.05) is 25.4 Å². The van der Waals surface area contributed by atoms with Crippen molar-refractivity contribution in [3.8, 4) is 0 Å². The fraction of sp³-hybridized carbons (Fsp3) is 0.750. The zero-order chi connectivity index (χ0) is 11.5. The number of nitrogens with zero attached hydrogens (tertiary/aromatic N) is 2. The maximum Gasteiger partial charge on any atom is 0.207 e. The Hall–Kier alpha value is -0.200. The van der Waals surface area contributed by atoms with E-state index in [2.05, 4.69) is 22.6 Å². The van der Waals surface area contributed by atoms with Crippen LogP contribution in [0.5, 0.6) is 0 Å². The molecule has 0 saturated heterocycles. The second-order valence-corrected chi connectivity index (χ2v) is 6.63. The Labute approximate surface area is 98.9 Å². The van der Waals surface area contributed by atoms with Gasteiger partial charge in [0.2, 0.25) is 5.03 Å². The summed E-state index contributed by atoms with van der Waals surface area (Å²) in [6.45, 7) is 4.12.